The zero-order chi connectivity index (χ0) is 15.4. The van der Waals surface area contributed by atoms with Gasteiger partial charge in [0, 0.05) is 19.1 Å². The number of carboxylic acid groups (broad SMARTS) is 2. The van der Waals surface area contributed by atoms with Gasteiger partial charge in [0.15, 0.2) is 0 Å². The Hall–Kier alpha value is -2.08. The van der Waals surface area contributed by atoms with Crippen molar-refractivity contribution in [3.05, 3.63) is 35.9 Å². The summed E-state index contributed by atoms with van der Waals surface area (Å²) in [7, 11) is 1.95. The van der Waals surface area contributed by atoms with Crippen LogP contribution in [0.4, 0.5) is 4.79 Å². The molecule has 0 bridgehead atoms. The van der Waals surface area contributed by atoms with E-state index in [9.17, 15) is 14.7 Å². The quantitative estimate of drug-likeness (QED) is 0.883. The maximum atomic E-state index is 11.3. The highest BCUT2D eigenvalue weighted by Crippen LogP contribution is 2.23. The third-order valence-corrected chi connectivity index (χ3v) is 4.00. The molecule has 2 N–H and O–H groups in total. The zero-order valence-electron chi connectivity index (χ0n) is 12.0. The second-order valence-corrected chi connectivity index (χ2v) is 5.41. The molecule has 0 radical (unpaired) electrons. The van der Waals surface area contributed by atoms with Crippen LogP contribution in [0.3, 0.4) is 0 Å². The molecule has 2 rings (SSSR count). The molecule has 1 aromatic rings. The molecule has 1 fully saturated rings. The van der Waals surface area contributed by atoms with E-state index >= 15 is 0 Å². The lowest BCUT2D eigenvalue weighted by molar-refractivity contribution is -0.144. The fourth-order valence-electron chi connectivity index (χ4n) is 2.81. The number of carboxylic acids is 1. The number of hydrogen-bond donors (Lipinski definition) is 2. The van der Waals surface area contributed by atoms with Crippen molar-refractivity contribution < 1.29 is 19.8 Å². The zero-order valence-corrected chi connectivity index (χ0v) is 12.0. The van der Waals surface area contributed by atoms with Gasteiger partial charge in [-0.3, -0.25) is 9.80 Å². The van der Waals surface area contributed by atoms with Gasteiger partial charge < -0.3 is 10.2 Å². The molecule has 6 heteroatoms. The van der Waals surface area contributed by atoms with Gasteiger partial charge >= 0.3 is 12.1 Å². The average molecular weight is 292 g/mol. The number of carbonyl (C=O) groups is 2. The van der Waals surface area contributed by atoms with E-state index in [1.54, 1.807) is 0 Å². The molecule has 1 aromatic carbocycles. The summed E-state index contributed by atoms with van der Waals surface area (Å²) in [6.07, 6.45) is -0.184. The van der Waals surface area contributed by atoms with Crippen LogP contribution in [0.15, 0.2) is 30.3 Å². The number of nitrogens with zero attached hydrogens (tertiary/aromatic N) is 2. The summed E-state index contributed by atoms with van der Waals surface area (Å²) >= 11 is 0. The number of piperidine rings is 1. The van der Waals surface area contributed by atoms with Crippen molar-refractivity contribution in [2.75, 3.05) is 13.6 Å². The lowest BCUT2D eigenvalue weighted by atomic mass is 9.96. The smallest absolute Gasteiger partial charge is 0.408 e. The first-order chi connectivity index (χ1) is 9.99. The van der Waals surface area contributed by atoms with Gasteiger partial charge in [0.25, 0.3) is 0 Å². The van der Waals surface area contributed by atoms with Crippen molar-refractivity contribution in [3.63, 3.8) is 0 Å². The van der Waals surface area contributed by atoms with Crippen molar-refractivity contribution in [1.82, 2.24) is 9.80 Å². The van der Waals surface area contributed by atoms with Crippen LogP contribution in [0.5, 0.6) is 0 Å². The monoisotopic (exact) mass is 292 g/mol. The van der Waals surface area contributed by atoms with Crippen LogP contribution >= 0.6 is 0 Å². The highest BCUT2D eigenvalue weighted by molar-refractivity contribution is 5.79. The number of rotatable bonds is 4. The van der Waals surface area contributed by atoms with Gasteiger partial charge in [-0.05, 0) is 25.5 Å². The molecule has 2 atom stereocenters. The predicted molar refractivity (Wildman–Crippen MR) is 77.1 cm³/mol. The van der Waals surface area contributed by atoms with Crippen LogP contribution in [-0.4, -0.2) is 57.8 Å². The summed E-state index contributed by atoms with van der Waals surface area (Å²) in [6.45, 7) is 0.987. The van der Waals surface area contributed by atoms with Gasteiger partial charge in [-0.2, -0.15) is 0 Å². The Labute approximate surface area is 123 Å². The fraction of sp³-hybridized carbons (Fsp3) is 0.467. The van der Waals surface area contributed by atoms with E-state index in [0.29, 0.717) is 12.8 Å². The van der Waals surface area contributed by atoms with Crippen LogP contribution < -0.4 is 0 Å². The van der Waals surface area contributed by atoms with E-state index in [4.69, 9.17) is 5.11 Å². The number of benzene rings is 1. The molecular weight excluding hydrogens is 272 g/mol. The van der Waals surface area contributed by atoms with Crippen molar-refractivity contribution in [2.45, 2.75) is 31.5 Å². The largest absolute Gasteiger partial charge is 0.480 e. The first-order valence-electron chi connectivity index (χ1n) is 6.95. The minimum absolute atomic E-state index is 0.0712. The lowest BCUT2D eigenvalue weighted by Crippen LogP contribution is -2.53. The van der Waals surface area contributed by atoms with Gasteiger partial charge in [-0.1, -0.05) is 30.3 Å². The molecule has 114 valence electrons. The summed E-state index contributed by atoms with van der Waals surface area (Å²) in [5.41, 5.74) is 1.16. The molecule has 1 aliphatic heterocycles. The number of aliphatic carboxylic acids is 1. The second kappa shape index (κ2) is 6.58. The Balaban J connectivity index is 2.01. The molecule has 21 heavy (non-hydrogen) atoms. The highest BCUT2D eigenvalue weighted by atomic mass is 16.4. The van der Waals surface area contributed by atoms with E-state index in [1.807, 2.05) is 37.4 Å². The number of amides is 1. The van der Waals surface area contributed by atoms with E-state index in [-0.39, 0.29) is 12.6 Å². The van der Waals surface area contributed by atoms with Crippen molar-refractivity contribution in [1.29, 1.82) is 0 Å². The predicted octanol–water partition coefficient (Wildman–Crippen LogP) is 1.71. The van der Waals surface area contributed by atoms with Crippen LogP contribution in [-0.2, 0) is 11.3 Å². The third kappa shape index (κ3) is 3.72. The third-order valence-electron chi connectivity index (χ3n) is 4.00. The molecule has 6 nitrogen and oxygen atoms in total. The summed E-state index contributed by atoms with van der Waals surface area (Å²) in [5.74, 6) is -1.07. The molecule has 1 aliphatic rings. The van der Waals surface area contributed by atoms with E-state index < -0.39 is 18.1 Å². The summed E-state index contributed by atoms with van der Waals surface area (Å²) in [6, 6.07) is 9.05. The van der Waals surface area contributed by atoms with Crippen molar-refractivity contribution >= 4 is 12.1 Å². The SMILES string of the molecule is CN(Cc1ccccc1)[C@H]1CCN(C(=O)O)[C@H](C(=O)O)C1. The normalized spacial score (nSPS) is 22.3. The van der Waals surface area contributed by atoms with Gasteiger partial charge in [0.1, 0.15) is 6.04 Å². The maximum Gasteiger partial charge on any atom is 0.408 e. The number of likely N-dealkylation sites (tertiary alicyclic amines) is 1. The van der Waals surface area contributed by atoms with Crippen LogP contribution in [0.1, 0.15) is 18.4 Å². The molecule has 1 amide bonds. The van der Waals surface area contributed by atoms with Gasteiger partial charge in [0.05, 0.1) is 0 Å². The van der Waals surface area contributed by atoms with E-state index in [2.05, 4.69) is 4.90 Å². The van der Waals surface area contributed by atoms with Gasteiger partial charge in [-0.15, -0.1) is 0 Å². The molecular formula is C15H20N2O4. The van der Waals surface area contributed by atoms with Crippen LogP contribution in [0, 0.1) is 0 Å². The van der Waals surface area contributed by atoms with Gasteiger partial charge in [-0.25, -0.2) is 9.59 Å². The summed E-state index contributed by atoms with van der Waals surface area (Å²) < 4.78 is 0. The minimum Gasteiger partial charge on any atom is -0.480 e. The molecule has 1 saturated heterocycles. The molecule has 0 spiro atoms. The van der Waals surface area contributed by atoms with Crippen molar-refractivity contribution in [2.24, 2.45) is 0 Å². The Kier molecular flexibility index (Phi) is 4.80. The topological polar surface area (TPSA) is 81.1 Å². The summed E-state index contributed by atoms with van der Waals surface area (Å²) in [5, 5.41) is 18.3. The van der Waals surface area contributed by atoms with Crippen LogP contribution in [0.2, 0.25) is 0 Å². The number of hydrogen-bond acceptors (Lipinski definition) is 3. The van der Waals surface area contributed by atoms with E-state index in [1.165, 1.54) is 0 Å². The average Bonchev–Trinajstić information content (AvgIpc) is 2.47. The standard InChI is InChI=1S/C15H20N2O4/c1-16(10-11-5-3-2-4-6-11)12-7-8-17(15(20)21)13(9-12)14(18)19/h2-6,12-13H,7-10H2,1H3,(H,18,19)(H,20,21)/t12-,13-/m0/s1. The molecule has 0 aliphatic carbocycles. The van der Waals surface area contributed by atoms with Crippen molar-refractivity contribution in [3.8, 4) is 0 Å². The van der Waals surface area contributed by atoms with E-state index in [0.717, 1.165) is 17.0 Å². The summed E-state index contributed by atoms with van der Waals surface area (Å²) in [4.78, 5) is 25.5. The second-order valence-electron chi connectivity index (χ2n) is 5.41. The van der Waals surface area contributed by atoms with Crippen LogP contribution in [0.25, 0.3) is 0 Å². The highest BCUT2D eigenvalue weighted by Gasteiger charge is 2.37. The first kappa shape index (κ1) is 15.3. The molecule has 0 unspecified atom stereocenters. The Bertz CT molecular complexity index is 506. The molecule has 0 saturated carbocycles. The maximum absolute atomic E-state index is 11.3. The Morgan fingerprint density at radius 1 is 1.29 bits per heavy atom. The molecule has 1 heterocycles. The van der Waals surface area contributed by atoms with Gasteiger partial charge in [0.2, 0.25) is 0 Å². The Morgan fingerprint density at radius 2 is 1.95 bits per heavy atom. The lowest BCUT2D eigenvalue weighted by Gasteiger charge is -2.39. The Morgan fingerprint density at radius 3 is 2.52 bits per heavy atom. The minimum atomic E-state index is -1.16. The first-order valence-corrected chi connectivity index (χ1v) is 6.95. The fourth-order valence-corrected chi connectivity index (χ4v) is 2.81. The molecule has 0 aromatic heterocycles.